The summed E-state index contributed by atoms with van der Waals surface area (Å²) in [6, 6.07) is 8.96. The van der Waals surface area contributed by atoms with E-state index in [9.17, 15) is 9.59 Å². The second-order valence-corrected chi connectivity index (χ2v) is 5.07. The maximum atomic E-state index is 12.3. The number of aliphatic carboxylic acids is 1. The molecule has 7 heteroatoms. The molecular weight excluding hydrogens is 306 g/mol. The van der Waals surface area contributed by atoms with Gasteiger partial charge in [0, 0.05) is 31.0 Å². The molecule has 3 rings (SSSR count). The predicted molar refractivity (Wildman–Crippen MR) is 82.5 cm³/mol. The number of nitrogens with zero attached hydrogens (tertiary/aromatic N) is 3. The molecule has 116 valence electrons. The van der Waals surface area contributed by atoms with Gasteiger partial charge in [-0.15, -0.1) is 12.4 Å². The largest absolute Gasteiger partial charge is 0.481 e. The van der Waals surface area contributed by atoms with Crippen LogP contribution in [0.1, 0.15) is 16.8 Å². The minimum absolute atomic E-state index is 0. The van der Waals surface area contributed by atoms with Crippen molar-refractivity contribution in [3.05, 3.63) is 48.3 Å². The highest BCUT2D eigenvalue weighted by molar-refractivity contribution is 5.95. The highest BCUT2D eigenvalue weighted by Crippen LogP contribution is 2.19. The number of hydrogen-bond acceptors (Lipinski definition) is 3. The van der Waals surface area contributed by atoms with E-state index in [2.05, 4.69) is 5.10 Å². The van der Waals surface area contributed by atoms with Crippen molar-refractivity contribution >= 4 is 24.3 Å². The molecule has 1 saturated heterocycles. The van der Waals surface area contributed by atoms with Crippen LogP contribution in [0.4, 0.5) is 0 Å². The van der Waals surface area contributed by atoms with Crippen molar-refractivity contribution < 1.29 is 14.7 Å². The van der Waals surface area contributed by atoms with E-state index in [0.717, 1.165) is 5.69 Å². The van der Waals surface area contributed by atoms with Gasteiger partial charge in [0.2, 0.25) is 0 Å². The second kappa shape index (κ2) is 6.62. The Morgan fingerprint density at radius 2 is 1.95 bits per heavy atom. The van der Waals surface area contributed by atoms with Gasteiger partial charge in [-0.05, 0) is 36.8 Å². The standard InChI is InChI=1S/C15H15N3O3.ClH/c19-14(17-9-6-12(10-17)15(20)21)11-2-4-13(5-3-11)18-8-1-7-16-18;/h1-5,7-8,12H,6,9-10H2,(H,20,21);1H. The summed E-state index contributed by atoms with van der Waals surface area (Å²) >= 11 is 0. The number of carboxylic acids is 1. The molecule has 1 unspecified atom stereocenters. The molecule has 0 aliphatic carbocycles. The monoisotopic (exact) mass is 321 g/mol. The Morgan fingerprint density at radius 1 is 1.23 bits per heavy atom. The number of carbonyl (C=O) groups excluding carboxylic acids is 1. The van der Waals surface area contributed by atoms with E-state index in [4.69, 9.17) is 5.11 Å². The van der Waals surface area contributed by atoms with Gasteiger partial charge in [-0.3, -0.25) is 9.59 Å². The lowest BCUT2D eigenvalue weighted by atomic mass is 10.1. The Hall–Kier alpha value is -2.34. The van der Waals surface area contributed by atoms with Crippen LogP contribution in [0.3, 0.4) is 0 Å². The lowest BCUT2D eigenvalue weighted by Crippen LogP contribution is -2.29. The first-order valence-corrected chi connectivity index (χ1v) is 6.77. The average Bonchev–Trinajstić information content (AvgIpc) is 3.18. The van der Waals surface area contributed by atoms with E-state index in [1.165, 1.54) is 0 Å². The molecule has 22 heavy (non-hydrogen) atoms. The van der Waals surface area contributed by atoms with Crippen molar-refractivity contribution in [3.8, 4) is 5.69 Å². The van der Waals surface area contributed by atoms with Gasteiger partial charge in [-0.1, -0.05) is 0 Å². The lowest BCUT2D eigenvalue weighted by molar-refractivity contribution is -0.141. The highest BCUT2D eigenvalue weighted by Gasteiger charge is 2.31. The number of benzene rings is 1. The molecule has 1 aliphatic heterocycles. The lowest BCUT2D eigenvalue weighted by Gasteiger charge is -2.16. The summed E-state index contributed by atoms with van der Waals surface area (Å²) in [5, 5.41) is 13.1. The summed E-state index contributed by atoms with van der Waals surface area (Å²) in [5.41, 5.74) is 1.44. The first-order valence-electron chi connectivity index (χ1n) is 6.77. The first kappa shape index (κ1) is 16.0. The molecule has 0 spiro atoms. The van der Waals surface area contributed by atoms with E-state index in [0.29, 0.717) is 18.5 Å². The Bertz CT molecular complexity index is 655. The van der Waals surface area contributed by atoms with Crippen molar-refractivity contribution in [1.82, 2.24) is 14.7 Å². The molecule has 0 radical (unpaired) electrons. The third-order valence-electron chi connectivity index (χ3n) is 3.71. The predicted octanol–water partition coefficient (Wildman–Crippen LogP) is 1.84. The summed E-state index contributed by atoms with van der Waals surface area (Å²) in [7, 11) is 0. The quantitative estimate of drug-likeness (QED) is 0.936. The number of carboxylic acid groups (broad SMARTS) is 1. The zero-order valence-electron chi connectivity index (χ0n) is 11.8. The Kier molecular flexibility index (Phi) is 4.82. The highest BCUT2D eigenvalue weighted by atomic mass is 35.5. The fourth-order valence-corrected chi connectivity index (χ4v) is 2.51. The molecule has 1 N–H and O–H groups in total. The van der Waals surface area contributed by atoms with Crippen molar-refractivity contribution in [2.45, 2.75) is 6.42 Å². The Balaban J connectivity index is 0.00000176. The minimum atomic E-state index is -0.834. The van der Waals surface area contributed by atoms with Crippen LogP contribution in [0.5, 0.6) is 0 Å². The third-order valence-corrected chi connectivity index (χ3v) is 3.71. The van der Waals surface area contributed by atoms with E-state index in [-0.39, 0.29) is 24.9 Å². The molecule has 2 heterocycles. The van der Waals surface area contributed by atoms with Gasteiger partial charge in [0.15, 0.2) is 0 Å². The van der Waals surface area contributed by atoms with E-state index in [1.54, 1.807) is 27.9 Å². The van der Waals surface area contributed by atoms with Crippen molar-refractivity contribution in [1.29, 1.82) is 0 Å². The Labute approximate surface area is 133 Å². The summed E-state index contributed by atoms with van der Waals surface area (Å²) in [6.45, 7) is 0.784. The van der Waals surface area contributed by atoms with Crippen LogP contribution in [0.25, 0.3) is 5.69 Å². The number of carbonyl (C=O) groups is 2. The molecule has 0 saturated carbocycles. The van der Waals surface area contributed by atoms with Crippen LogP contribution in [-0.2, 0) is 4.79 Å². The fraction of sp³-hybridized carbons (Fsp3) is 0.267. The number of likely N-dealkylation sites (tertiary alicyclic amines) is 1. The molecule has 1 aromatic carbocycles. The molecular formula is C15H16ClN3O3. The van der Waals surface area contributed by atoms with E-state index >= 15 is 0 Å². The first-order chi connectivity index (χ1) is 10.1. The molecule has 0 bridgehead atoms. The average molecular weight is 322 g/mol. The van der Waals surface area contributed by atoms with Gasteiger partial charge in [-0.2, -0.15) is 5.10 Å². The fourth-order valence-electron chi connectivity index (χ4n) is 2.51. The third kappa shape index (κ3) is 3.12. The molecule has 1 aromatic heterocycles. The summed E-state index contributed by atoms with van der Waals surface area (Å²) in [4.78, 5) is 24.9. The normalized spacial score (nSPS) is 17.1. The van der Waals surface area contributed by atoms with Gasteiger partial charge >= 0.3 is 5.97 Å². The number of rotatable bonds is 3. The zero-order valence-corrected chi connectivity index (χ0v) is 12.6. The van der Waals surface area contributed by atoms with Crippen LogP contribution in [0.15, 0.2) is 42.7 Å². The van der Waals surface area contributed by atoms with Crippen molar-refractivity contribution in [3.63, 3.8) is 0 Å². The molecule has 1 amide bonds. The second-order valence-electron chi connectivity index (χ2n) is 5.07. The molecule has 1 fully saturated rings. The van der Waals surface area contributed by atoms with Gasteiger partial charge < -0.3 is 10.0 Å². The molecule has 1 atom stereocenters. The van der Waals surface area contributed by atoms with Gasteiger partial charge in [-0.25, -0.2) is 4.68 Å². The number of halogens is 1. The summed E-state index contributed by atoms with van der Waals surface area (Å²) < 4.78 is 1.71. The Morgan fingerprint density at radius 3 is 2.50 bits per heavy atom. The van der Waals surface area contributed by atoms with Crippen molar-refractivity contribution in [2.75, 3.05) is 13.1 Å². The summed E-state index contributed by atoms with van der Waals surface area (Å²) in [6.07, 6.45) is 4.04. The smallest absolute Gasteiger partial charge is 0.308 e. The van der Waals surface area contributed by atoms with Crippen LogP contribution < -0.4 is 0 Å². The number of hydrogen-bond donors (Lipinski definition) is 1. The van der Waals surface area contributed by atoms with Crippen molar-refractivity contribution in [2.24, 2.45) is 5.92 Å². The van der Waals surface area contributed by atoms with Gasteiger partial charge in [0.1, 0.15) is 0 Å². The maximum Gasteiger partial charge on any atom is 0.308 e. The van der Waals surface area contributed by atoms with Gasteiger partial charge in [0.05, 0.1) is 11.6 Å². The summed E-state index contributed by atoms with van der Waals surface area (Å²) in [5.74, 6) is -1.40. The van der Waals surface area contributed by atoms with Crippen LogP contribution in [0.2, 0.25) is 0 Å². The van der Waals surface area contributed by atoms with E-state index in [1.807, 2.05) is 24.4 Å². The number of aromatic nitrogens is 2. The van der Waals surface area contributed by atoms with Crippen LogP contribution >= 0.6 is 12.4 Å². The van der Waals surface area contributed by atoms with Gasteiger partial charge in [0.25, 0.3) is 5.91 Å². The molecule has 1 aliphatic rings. The minimum Gasteiger partial charge on any atom is -0.481 e. The maximum absolute atomic E-state index is 12.3. The molecule has 6 nitrogen and oxygen atoms in total. The van der Waals surface area contributed by atoms with E-state index < -0.39 is 11.9 Å². The zero-order chi connectivity index (χ0) is 14.8. The SMILES string of the molecule is Cl.O=C(O)C1CCN(C(=O)c2ccc(-n3cccn3)cc2)C1. The molecule has 2 aromatic rings. The number of amides is 1. The topological polar surface area (TPSA) is 75.4 Å². The van der Waals surface area contributed by atoms with Crippen LogP contribution in [-0.4, -0.2) is 44.8 Å². The van der Waals surface area contributed by atoms with Crippen LogP contribution in [0, 0.1) is 5.92 Å².